The molecule has 4 nitrogen and oxygen atoms in total. The van der Waals surface area contributed by atoms with E-state index < -0.39 is 31.0 Å². The van der Waals surface area contributed by atoms with E-state index in [0.29, 0.717) is 0 Å². The number of ether oxygens (including phenoxy) is 1. The van der Waals surface area contributed by atoms with Gasteiger partial charge >= 0.3 is 6.18 Å². The average Bonchev–Trinajstić information content (AvgIpc) is 2.14. The maximum absolute atomic E-state index is 11.7. The molecule has 0 radical (unpaired) electrons. The number of nitrogens with one attached hydrogen (secondary N) is 1. The van der Waals surface area contributed by atoms with E-state index in [1.165, 1.54) is 7.11 Å². The van der Waals surface area contributed by atoms with Gasteiger partial charge in [-0.15, -0.1) is 0 Å². The lowest BCUT2D eigenvalue weighted by molar-refractivity contribution is -0.144. The quantitative estimate of drug-likeness (QED) is 0.696. The molecule has 0 aliphatic carbocycles. The molecule has 1 amide bonds. The Kier molecular flexibility index (Phi) is 7.07. The van der Waals surface area contributed by atoms with E-state index >= 15 is 0 Å². The van der Waals surface area contributed by atoms with Gasteiger partial charge in [-0.2, -0.15) is 13.2 Å². The van der Waals surface area contributed by atoms with Crippen LogP contribution in [0.15, 0.2) is 0 Å². The summed E-state index contributed by atoms with van der Waals surface area (Å²) in [6.07, 6.45) is -6.48. The third-order valence-corrected chi connectivity index (χ3v) is 1.79. The molecule has 0 heterocycles. The van der Waals surface area contributed by atoms with Crippen molar-refractivity contribution in [2.75, 3.05) is 20.3 Å². The SMILES string of the molecule is COCC(O)CCNC(=O)CCC(F)(F)F. The number of amides is 1. The molecule has 0 spiro atoms. The Morgan fingerprint density at radius 2 is 2.12 bits per heavy atom. The molecule has 2 N–H and O–H groups in total. The summed E-state index contributed by atoms with van der Waals surface area (Å²) in [5.74, 6) is -0.665. The van der Waals surface area contributed by atoms with Crippen molar-refractivity contribution in [1.29, 1.82) is 0 Å². The summed E-state index contributed by atoms with van der Waals surface area (Å²) in [6.45, 7) is 0.277. The number of rotatable bonds is 7. The van der Waals surface area contributed by atoms with Crippen LogP contribution >= 0.6 is 0 Å². The molecule has 0 aromatic rings. The Morgan fingerprint density at radius 3 is 2.62 bits per heavy atom. The summed E-state index contributed by atoms with van der Waals surface area (Å²) >= 11 is 0. The molecule has 7 heteroatoms. The Balaban J connectivity index is 3.51. The van der Waals surface area contributed by atoms with Crippen LogP contribution in [-0.2, 0) is 9.53 Å². The van der Waals surface area contributed by atoms with Gasteiger partial charge in [0.1, 0.15) is 0 Å². The molecule has 0 aromatic carbocycles. The molecule has 1 unspecified atom stereocenters. The number of aliphatic hydroxyl groups is 1. The van der Waals surface area contributed by atoms with E-state index in [0.717, 1.165) is 0 Å². The molecule has 0 aliphatic heterocycles. The third kappa shape index (κ3) is 9.72. The lowest BCUT2D eigenvalue weighted by atomic mass is 10.2. The molecule has 0 fully saturated rings. The average molecular weight is 243 g/mol. The Morgan fingerprint density at radius 1 is 1.50 bits per heavy atom. The van der Waals surface area contributed by atoms with E-state index in [1.54, 1.807) is 0 Å². The summed E-state index contributed by atoms with van der Waals surface area (Å²) in [5, 5.41) is 11.5. The molecule has 0 saturated carbocycles. The van der Waals surface area contributed by atoms with Crippen molar-refractivity contribution in [3.8, 4) is 0 Å². The van der Waals surface area contributed by atoms with Gasteiger partial charge in [-0.3, -0.25) is 4.79 Å². The van der Waals surface area contributed by atoms with Crippen LogP contribution in [0.4, 0.5) is 13.2 Å². The Bertz CT molecular complexity index is 209. The second kappa shape index (κ2) is 7.45. The van der Waals surface area contributed by atoms with Crippen LogP contribution in [0.3, 0.4) is 0 Å². The third-order valence-electron chi connectivity index (χ3n) is 1.79. The zero-order valence-electron chi connectivity index (χ0n) is 9.01. The zero-order valence-corrected chi connectivity index (χ0v) is 9.01. The number of carbonyl (C=O) groups is 1. The monoisotopic (exact) mass is 243 g/mol. The second-order valence-corrected chi connectivity index (χ2v) is 3.36. The van der Waals surface area contributed by atoms with Crippen LogP contribution in [0, 0.1) is 0 Å². The summed E-state index contributed by atoms with van der Waals surface area (Å²) < 4.78 is 39.8. The van der Waals surface area contributed by atoms with Crippen LogP contribution in [0.2, 0.25) is 0 Å². The molecule has 0 bridgehead atoms. The highest BCUT2D eigenvalue weighted by Crippen LogP contribution is 2.20. The second-order valence-electron chi connectivity index (χ2n) is 3.36. The first kappa shape index (κ1) is 15.2. The van der Waals surface area contributed by atoms with Gasteiger partial charge in [-0.25, -0.2) is 0 Å². The molecule has 96 valence electrons. The smallest absolute Gasteiger partial charge is 0.389 e. The highest BCUT2D eigenvalue weighted by molar-refractivity contribution is 5.75. The number of alkyl halides is 3. The molecule has 0 aromatic heterocycles. The fraction of sp³-hybridized carbons (Fsp3) is 0.889. The number of methoxy groups -OCH3 is 1. The van der Waals surface area contributed by atoms with Gasteiger partial charge in [0.15, 0.2) is 0 Å². The molecule has 0 saturated heterocycles. The van der Waals surface area contributed by atoms with Crippen molar-refractivity contribution in [3.05, 3.63) is 0 Å². The maximum atomic E-state index is 11.7. The first-order valence-electron chi connectivity index (χ1n) is 4.85. The normalized spacial score (nSPS) is 13.6. The van der Waals surface area contributed by atoms with Crippen molar-refractivity contribution in [2.24, 2.45) is 0 Å². The number of carbonyl (C=O) groups excluding carboxylic acids is 1. The first-order valence-corrected chi connectivity index (χ1v) is 4.85. The zero-order chi connectivity index (χ0) is 12.6. The topological polar surface area (TPSA) is 58.6 Å². The molecular weight excluding hydrogens is 227 g/mol. The van der Waals surface area contributed by atoms with Crippen molar-refractivity contribution >= 4 is 5.91 Å². The molecule has 0 rings (SSSR count). The highest BCUT2D eigenvalue weighted by atomic mass is 19.4. The number of hydrogen-bond acceptors (Lipinski definition) is 3. The minimum atomic E-state index is -4.31. The van der Waals surface area contributed by atoms with Crippen molar-refractivity contribution < 1.29 is 27.8 Å². The van der Waals surface area contributed by atoms with Crippen LogP contribution in [0.5, 0.6) is 0 Å². The van der Waals surface area contributed by atoms with Crippen LogP contribution < -0.4 is 5.32 Å². The van der Waals surface area contributed by atoms with Gasteiger partial charge in [0.25, 0.3) is 0 Å². The van der Waals surface area contributed by atoms with Crippen LogP contribution in [0.1, 0.15) is 19.3 Å². The largest absolute Gasteiger partial charge is 0.391 e. The predicted octanol–water partition coefficient (Wildman–Crippen LogP) is 0.842. The molecule has 1 atom stereocenters. The van der Waals surface area contributed by atoms with Crippen LogP contribution in [-0.4, -0.2) is 43.6 Å². The van der Waals surface area contributed by atoms with Gasteiger partial charge in [0, 0.05) is 20.1 Å². The summed E-state index contributed by atoms with van der Waals surface area (Å²) in [7, 11) is 1.42. The summed E-state index contributed by atoms with van der Waals surface area (Å²) in [6, 6.07) is 0. The predicted molar refractivity (Wildman–Crippen MR) is 50.8 cm³/mol. The van der Waals surface area contributed by atoms with Crippen molar-refractivity contribution in [1.82, 2.24) is 5.32 Å². The minimum absolute atomic E-state index is 0.137. The lowest BCUT2D eigenvalue weighted by Gasteiger charge is -2.10. The van der Waals surface area contributed by atoms with E-state index in [9.17, 15) is 18.0 Å². The molecule has 0 aliphatic rings. The van der Waals surface area contributed by atoms with Crippen LogP contribution in [0.25, 0.3) is 0 Å². The standard InChI is InChI=1S/C9H16F3NO3/c1-16-6-7(14)3-5-13-8(15)2-4-9(10,11)12/h7,14H,2-6H2,1H3,(H,13,15). The van der Waals surface area contributed by atoms with Gasteiger partial charge in [0.2, 0.25) is 5.91 Å². The van der Waals surface area contributed by atoms with E-state index in [2.05, 4.69) is 10.1 Å². The van der Waals surface area contributed by atoms with Crippen molar-refractivity contribution in [3.63, 3.8) is 0 Å². The summed E-state index contributed by atoms with van der Waals surface area (Å²) in [5.41, 5.74) is 0. The number of hydrogen-bond donors (Lipinski definition) is 2. The van der Waals surface area contributed by atoms with E-state index in [-0.39, 0.29) is 19.6 Å². The Hall–Kier alpha value is -0.820. The minimum Gasteiger partial charge on any atom is -0.391 e. The maximum Gasteiger partial charge on any atom is 0.389 e. The molecule has 16 heavy (non-hydrogen) atoms. The Labute approximate surface area is 91.8 Å². The number of aliphatic hydroxyl groups excluding tert-OH is 1. The van der Waals surface area contributed by atoms with E-state index in [1.807, 2.05) is 0 Å². The number of halogens is 3. The van der Waals surface area contributed by atoms with Gasteiger partial charge in [0.05, 0.1) is 19.1 Å². The fourth-order valence-corrected chi connectivity index (χ4v) is 0.998. The first-order chi connectivity index (χ1) is 7.35. The summed E-state index contributed by atoms with van der Waals surface area (Å²) in [4.78, 5) is 10.9. The van der Waals surface area contributed by atoms with Gasteiger partial charge in [-0.1, -0.05) is 0 Å². The highest BCUT2D eigenvalue weighted by Gasteiger charge is 2.27. The van der Waals surface area contributed by atoms with Gasteiger partial charge < -0.3 is 15.2 Å². The van der Waals surface area contributed by atoms with Crippen molar-refractivity contribution in [2.45, 2.75) is 31.5 Å². The lowest BCUT2D eigenvalue weighted by Crippen LogP contribution is -2.29. The molecular formula is C9H16F3NO3. The fourth-order valence-electron chi connectivity index (χ4n) is 0.998. The van der Waals surface area contributed by atoms with E-state index in [4.69, 9.17) is 5.11 Å². The van der Waals surface area contributed by atoms with Gasteiger partial charge in [-0.05, 0) is 6.42 Å².